The number of benzene rings is 1. The molecule has 8 heteroatoms. The second-order valence-corrected chi connectivity index (χ2v) is 8.12. The molecule has 0 aliphatic carbocycles. The standard InChI is InChI=1S/C22H37ClN4O2.HI/c1-5-24-22(25-16-21(28-4)18-7-6-8-19(23)15-18)26-20-9-11-27(12-10-20)13-14-29-17(2)3;/h6-8,15,17,20-21H,5,9-14,16H2,1-4H3,(H2,24,25,26);1H. The van der Waals surface area contributed by atoms with Crippen LogP contribution in [0.5, 0.6) is 0 Å². The molecule has 1 aromatic rings. The predicted molar refractivity (Wildman–Crippen MR) is 136 cm³/mol. The monoisotopic (exact) mass is 552 g/mol. The van der Waals surface area contributed by atoms with Crippen molar-refractivity contribution in [3.05, 3.63) is 34.9 Å². The molecule has 1 unspecified atom stereocenters. The van der Waals surface area contributed by atoms with Gasteiger partial charge in [0.05, 0.1) is 19.3 Å². The second-order valence-electron chi connectivity index (χ2n) is 7.68. The van der Waals surface area contributed by atoms with Gasteiger partial charge in [-0.3, -0.25) is 4.99 Å². The van der Waals surface area contributed by atoms with Gasteiger partial charge in [0.25, 0.3) is 0 Å². The Morgan fingerprint density at radius 2 is 2.03 bits per heavy atom. The van der Waals surface area contributed by atoms with E-state index >= 15 is 0 Å². The fourth-order valence-electron chi connectivity index (χ4n) is 3.43. The topological polar surface area (TPSA) is 58.1 Å². The van der Waals surface area contributed by atoms with Crippen LogP contribution in [0.3, 0.4) is 0 Å². The number of nitrogens with zero attached hydrogens (tertiary/aromatic N) is 2. The zero-order chi connectivity index (χ0) is 21.1. The largest absolute Gasteiger partial charge is 0.377 e. The number of halogens is 2. The maximum atomic E-state index is 6.12. The maximum absolute atomic E-state index is 6.12. The molecular weight excluding hydrogens is 515 g/mol. The highest BCUT2D eigenvalue weighted by atomic mass is 127. The lowest BCUT2D eigenvalue weighted by Crippen LogP contribution is -2.49. The number of hydrogen-bond acceptors (Lipinski definition) is 4. The molecular formula is C22H38ClIN4O2. The minimum atomic E-state index is -0.119. The van der Waals surface area contributed by atoms with Crippen LogP contribution < -0.4 is 10.6 Å². The summed E-state index contributed by atoms with van der Waals surface area (Å²) in [6.45, 7) is 11.6. The molecule has 172 valence electrons. The number of guanidine groups is 1. The van der Waals surface area contributed by atoms with E-state index in [1.807, 2.05) is 24.3 Å². The quantitative estimate of drug-likeness (QED) is 0.260. The number of hydrogen-bond donors (Lipinski definition) is 2. The molecule has 6 nitrogen and oxygen atoms in total. The van der Waals surface area contributed by atoms with Gasteiger partial charge in [-0.05, 0) is 51.3 Å². The van der Waals surface area contributed by atoms with Crippen molar-refractivity contribution in [3.8, 4) is 0 Å². The van der Waals surface area contributed by atoms with Crippen LogP contribution in [-0.2, 0) is 9.47 Å². The zero-order valence-electron chi connectivity index (χ0n) is 18.7. The molecule has 0 amide bonds. The van der Waals surface area contributed by atoms with Gasteiger partial charge >= 0.3 is 0 Å². The lowest BCUT2D eigenvalue weighted by atomic mass is 10.1. The first-order valence-corrected chi connectivity index (χ1v) is 11.1. The highest BCUT2D eigenvalue weighted by molar-refractivity contribution is 14.0. The highest BCUT2D eigenvalue weighted by Gasteiger charge is 2.20. The number of methoxy groups -OCH3 is 1. The van der Waals surface area contributed by atoms with E-state index in [-0.39, 0.29) is 30.1 Å². The van der Waals surface area contributed by atoms with Crippen LogP contribution in [0.4, 0.5) is 0 Å². The van der Waals surface area contributed by atoms with Gasteiger partial charge in [-0.2, -0.15) is 0 Å². The van der Waals surface area contributed by atoms with Crippen LogP contribution in [-0.4, -0.2) is 69.4 Å². The summed E-state index contributed by atoms with van der Waals surface area (Å²) < 4.78 is 11.3. The van der Waals surface area contributed by atoms with Gasteiger partial charge in [-0.25, -0.2) is 0 Å². The molecule has 0 saturated carbocycles. The first kappa shape index (κ1) is 27.4. The Bertz CT molecular complexity index is 625. The fraction of sp³-hybridized carbons (Fsp3) is 0.682. The molecule has 1 aromatic carbocycles. The molecule has 2 N–H and O–H groups in total. The first-order valence-electron chi connectivity index (χ1n) is 10.7. The Labute approximate surface area is 204 Å². The van der Waals surface area contributed by atoms with E-state index in [1.165, 1.54) is 0 Å². The lowest BCUT2D eigenvalue weighted by Gasteiger charge is -2.33. The second kappa shape index (κ2) is 15.2. The summed E-state index contributed by atoms with van der Waals surface area (Å²) in [5, 5.41) is 7.66. The molecule has 0 aromatic heterocycles. The molecule has 2 rings (SSSR count). The van der Waals surface area contributed by atoms with Gasteiger partial charge in [0.15, 0.2) is 5.96 Å². The average molecular weight is 553 g/mol. The number of aliphatic imine (C=N–C) groups is 1. The van der Waals surface area contributed by atoms with E-state index in [9.17, 15) is 0 Å². The first-order chi connectivity index (χ1) is 14.0. The van der Waals surface area contributed by atoms with E-state index in [0.717, 1.165) is 57.2 Å². The molecule has 1 atom stereocenters. The number of nitrogens with one attached hydrogen (secondary N) is 2. The Hall–Kier alpha value is -0.610. The van der Waals surface area contributed by atoms with Crippen LogP contribution in [0.15, 0.2) is 29.3 Å². The number of rotatable bonds is 10. The highest BCUT2D eigenvalue weighted by Crippen LogP contribution is 2.20. The lowest BCUT2D eigenvalue weighted by molar-refractivity contribution is 0.0532. The summed E-state index contributed by atoms with van der Waals surface area (Å²) in [6.07, 6.45) is 2.39. The summed E-state index contributed by atoms with van der Waals surface area (Å²) in [4.78, 5) is 7.24. The summed E-state index contributed by atoms with van der Waals surface area (Å²) in [7, 11) is 1.71. The molecule has 1 fully saturated rings. The fourth-order valence-corrected chi connectivity index (χ4v) is 3.63. The minimum absolute atomic E-state index is 0. The number of ether oxygens (including phenoxy) is 2. The maximum Gasteiger partial charge on any atom is 0.191 e. The molecule has 0 radical (unpaired) electrons. The number of piperidine rings is 1. The summed E-state index contributed by atoms with van der Waals surface area (Å²) in [5.41, 5.74) is 1.04. The van der Waals surface area contributed by atoms with E-state index < -0.39 is 0 Å². The molecule has 1 saturated heterocycles. The van der Waals surface area contributed by atoms with Crippen molar-refractivity contribution in [2.45, 2.75) is 51.9 Å². The van der Waals surface area contributed by atoms with Crippen LogP contribution in [0.2, 0.25) is 5.02 Å². The van der Waals surface area contributed by atoms with Crippen LogP contribution in [0.1, 0.15) is 45.3 Å². The predicted octanol–water partition coefficient (Wildman–Crippen LogP) is 4.09. The van der Waals surface area contributed by atoms with E-state index in [1.54, 1.807) is 7.11 Å². The van der Waals surface area contributed by atoms with Crippen molar-refractivity contribution < 1.29 is 9.47 Å². The van der Waals surface area contributed by atoms with Crippen LogP contribution >= 0.6 is 35.6 Å². The Balaban J connectivity index is 0.00000450. The average Bonchev–Trinajstić information content (AvgIpc) is 2.69. The van der Waals surface area contributed by atoms with Crippen molar-refractivity contribution in [3.63, 3.8) is 0 Å². The molecule has 1 aliphatic rings. The van der Waals surface area contributed by atoms with E-state index in [4.69, 9.17) is 26.1 Å². The smallest absolute Gasteiger partial charge is 0.191 e. The third kappa shape index (κ3) is 10.1. The Kier molecular flexibility index (Phi) is 13.9. The van der Waals surface area contributed by atoms with Crippen molar-refractivity contribution in [1.29, 1.82) is 0 Å². The normalized spacial score (nSPS) is 16.9. The van der Waals surface area contributed by atoms with Crippen molar-refractivity contribution in [1.82, 2.24) is 15.5 Å². The summed E-state index contributed by atoms with van der Waals surface area (Å²) >= 11 is 6.12. The molecule has 0 spiro atoms. The van der Waals surface area contributed by atoms with Gasteiger partial charge in [-0.15, -0.1) is 24.0 Å². The third-order valence-electron chi connectivity index (χ3n) is 5.05. The molecule has 1 heterocycles. The summed E-state index contributed by atoms with van der Waals surface area (Å²) in [6, 6.07) is 8.20. The molecule has 30 heavy (non-hydrogen) atoms. The van der Waals surface area contributed by atoms with Gasteiger partial charge in [0.2, 0.25) is 0 Å². The van der Waals surface area contributed by atoms with Crippen molar-refractivity contribution in [2.75, 3.05) is 46.4 Å². The van der Waals surface area contributed by atoms with Gasteiger partial charge in [0, 0.05) is 44.4 Å². The molecule has 1 aliphatic heterocycles. The molecule has 0 bridgehead atoms. The van der Waals surface area contributed by atoms with Crippen LogP contribution in [0.25, 0.3) is 0 Å². The van der Waals surface area contributed by atoms with Crippen molar-refractivity contribution >= 4 is 41.5 Å². The number of likely N-dealkylation sites (tertiary alicyclic amines) is 1. The van der Waals surface area contributed by atoms with Crippen LogP contribution in [0, 0.1) is 0 Å². The Morgan fingerprint density at radius 3 is 2.63 bits per heavy atom. The SMILES string of the molecule is CCNC(=NCC(OC)c1cccc(Cl)c1)NC1CCN(CCOC(C)C)CC1.I. The third-order valence-corrected chi connectivity index (χ3v) is 5.29. The van der Waals surface area contributed by atoms with Gasteiger partial charge < -0.3 is 25.0 Å². The van der Waals surface area contributed by atoms with Crippen molar-refractivity contribution in [2.24, 2.45) is 4.99 Å². The van der Waals surface area contributed by atoms with E-state index in [2.05, 4.69) is 36.3 Å². The Morgan fingerprint density at radius 1 is 1.30 bits per heavy atom. The van der Waals surface area contributed by atoms with Gasteiger partial charge in [-0.1, -0.05) is 23.7 Å². The summed E-state index contributed by atoms with van der Waals surface area (Å²) in [5.74, 6) is 0.846. The zero-order valence-corrected chi connectivity index (χ0v) is 21.8. The van der Waals surface area contributed by atoms with E-state index in [0.29, 0.717) is 23.7 Å². The van der Waals surface area contributed by atoms with Gasteiger partial charge in [0.1, 0.15) is 6.10 Å². The minimum Gasteiger partial charge on any atom is -0.377 e.